The zero-order chi connectivity index (χ0) is 21.6. The van der Waals surface area contributed by atoms with Gasteiger partial charge in [-0.25, -0.2) is 4.39 Å². The molecule has 0 aromatic heterocycles. The molecule has 0 aliphatic carbocycles. The minimum Gasteiger partial charge on any atom is -0.354 e. The van der Waals surface area contributed by atoms with Crippen molar-refractivity contribution in [2.24, 2.45) is 17.8 Å². The Morgan fingerprint density at radius 1 is 1.10 bits per heavy atom. The number of halogens is 1. The molecule has 7 heteroatoms. The van der Waals surface area contributed by atoms with Crippen molar-refractivity contribution in [3.05, 3.63) is 35.6 Å². The first-order valence-corrected chi connectivity index (χ1v) is 10.3. The van der Waals surface area contributed by atoms with Crippen LogP contribution in [0.1, 0.15) is 50.9 Å². The van der Waals surface area contributed by atoms with Crippen LogP contribution in [0.5, 0.6) is 0 Å². The van der Waals surface area contributed by atoms with Crippen LogP contribution in [0.15, 0.2) is 24.3 Å². The van der Waals surface area contributed by atoms with Gasteiger partial charge < -0.3 is 15.5 Å². The highest BCUT2D eigenvalue weighted by molar-refractivity contribution is 5.97. The van der Waals surface area contributed by atoms with E-state index in [0.717, 1.165) is 0 Å². The lowest BCUT2D eigenvalue weighted by atomic mass is 9.88. The van der Waals surface area contributed by atoms with Gasteiger partial charge in [0.05, 0.1) is 5.56 Å². The van der Waals surface area contributed by atoms with Crippen molar-refractivity contribution < 1.29 is 18.8 Å². The van der Waals surface area contributed by atoms with E-state index in [0.29, 0.717) is 32.5 Å². The molecule has 2 N–H and O–H groups in total. The first-order chi connectivity index (χ1) is 13.7. The summed E-state index contributed by atoms with van der Waals surface area (Å²) in [6.07, 6.45) is 1.21. The Bertz CT molecular complexity index is 728. The maximum Gasteiger partial charge on any atom is 0.254 e. The molecule has 160 valence electrons. The molecule has 1 aromatic carbocycles. The van der Waals surface area contributed by atoms with Gasteiger partial charge in [0.25, 0.3) is 5.91 Å². The van der Waals surface area contributed by atoms with Crippen LogP contribution >= 0.6 is 0 Å². The standard InChI is InChI=1S/C22H32FN3O3/c1-14(2)13-24-21(28)19(25-20(27)17-7-5-6-8-18(17)23)16-9-11-26(12-10-16)22(29)15(3)4/h5-8,14-16,19H,9-13H2,1-4H3,(H,24,28)(H,25,27). The molecule has 3 amide bonds. The molecule has 29 heavy (non-hydrogen) atoms. The number of carbonyl (C=O) groups is 3. The third-order valence-electron chi connectivity index (χ3n) is 5.19. The Morgan fingerprint density at radius 2 is 1.72 bits per heavy atom. The van der Waals surface area contributed by atoms with Gasteiger partial charge in [0, 0.05) is 25.6 Å². The van der Waals surface area contributed by atoms with Crippen molar-refractivity contribution in [2.45, 2.75) is 46.6 Å². The third-order valence-corrected chi connectivity index (χ3v) is 5.19. The fraction of sp³-hybridized carbons (Fsp3) is 0.591. The average molecular weight is 406 g/mol. The Labute approximate surface area is 172 Å². The lowest BCUT2D eigenvalue weighted by Gasteiger charge is -2.36. The van der Waals surface area contributed by atoms with Crippen LogP contribution in [0.2, 0.25) is 0 Å². The number of benzene rings is 1. The number of nitrogens with one attached hydrogen (secondary N) is 2. The van der Waals surface area contributed by atoms with E-state index in [4.69, 9.17) is 0 Å². The van der Waals surface area contributed by atoms with Crippen LogP contribution in [0.3, 0.4) is 0 Å². The Morgan fingerprint density at radius 3 is 2.28 bits per heavy atom. The highest BCUT2D eigenvalue weighted by Gasteiger charge is 2.34. The molecule has 1 saturated heterocycles. The van der Waals surface area contributed by atoms with Crippen molar-refractivity contribution in [3.8, 4) is 0 Å². The molecule has 1 unspecified atom stereocenters. The number of rotatable bonds is 7. The maximum atomic E-state index is 14.0. The minimum atomic E-state index is -0.767. The fourth-order valence-electron chi connectivity index (χ4n) is 3.49. The van der Waals surface area contributed by atoms with Gasteiger partial charge in [0.1, 0.15) is 11.9 Å². The lowest BCUT2D eigenvalue weighted by Crippen LogP contribution is -2.54. The Kier molecular flexibility index (Phi) is 8.17. The largest absolute Gasteiger partial charge is 0.354 e. The number of hydrogen-bond donors (Lipinski definition) is 2. The summed E-state index contributed by atoms with van der Waals surface area (Å²) in [5, 5.41) is 5.61. The molecule has 0 spiro atoms. The second kappa shape index (κ2) is 10.4. The van der Waals surface area contributed by atoms with Crippen molar-refractivity contribution in [2.75, 3.05) is 19.6 Å². The zero-order valence-corrected chi connectivity index (χ0v) is 17.7. The van der Waals surface area contributed by atoms with Crippen LogP contribution in [0.25, 0.3) is 0 Å². The molecular formula is C22H32FN3O3. The summed E-state index contributed by atoms with van der Waals surface area (Å²) < 4.78 is 14.0. The highest BCUT2D eigenvalue weighted by atomic mass is 19.1. The van der Waals surface area contributed by atoms with Gasteiger partial charge in [-0.2, -0.15) is 0 Å². The molecule has 2 rings (SSSR count). The number of piperidine rings is 1. The number of hydrogen-bond acceptors (Lipinski definition) is 3. The molecule has 1 fully saturated rings. The van der Waals surface area contributed by atoms with E-state index in [9.17, 15) is 18.8 Å². The predicted octanol–water partition coefficient (Wildman–Crippen LogP) is 2.59. The number of likely N-dealkylation sites (tertiary alicyclic amines) is 1. The second-order valence-electron chi connectivity index (χ2n) is 8.39. The summed E-state index contributed by atoms with van der Waals surface area (Å²) in [5.41, 5.74) is -0.0819. The van der Waals surface area contributed by atoms with Crippen LogP contribution in [-0.4, -0.2) is 48.3 Å². The quantitative estimate of drug-likeness (QED) is 0.732. The third kappa shape index (κ3) is 6.27. The Balaban J connectivity index is 2.11. The molecule has 0 saturated carbocycles. The first kappa shape index (κ1) is 22.8. The number of amides is 3. The van der Waals surface area contributed by atoms with Crippen LogP contribution in [0.4, 0.5) is 4.39 Å². The summed E-state index contributed by atoms with van der Waals surface area (Å²) in [6, 6.07) is 4.95. The molecule has 1 atom stereocenters. The topological polar surface area (TPSA) is 78.5 Å². The molecule has 0 bridgehead atoms. The molecule has 6 nitrogen and oxygen atoms in total. The van der Waals surface area contributed by atoms with Crippen molar-refractivity contribution in [3.63, 3.8) is 0 Å². The zero-order valence-electron chi connectivity index (χ0n) is 17.7. The summed E-state index contributed by atoms with van der Waals surface area (Å²) in [7, 11) is 0. The molecule has 1 aliphatic rings. The Hall–Kier alpha value is -2.44. The van der Waals surface area contributed by atoms with Crippen molar-refractivity contribution in [1.29, 1.82) is 0 Å². The van der Waals surface area contributed by atoms with E-state index < -0.39 is 17.8 Å². The van der Waals surface area contributed by atoms with E-state index >= 15 is 0 Å². The van der Waals surface area contributed by atoms with Crippen molar-refractivity contribution >= 4 is 17.7 Å². The molecular weight excluding hydrogens is 373 g/mol. The summed E-state index contributed by atoms with van der Waals surface area (Å²) >= 11 is 0. The van der Waals surface area contributed by atoms with Gasteiger partial charge in [-0.15, -0.1) is 0 Å². The summed E-state index contributed by atoms with van der Waals surface area (Å²) in [6.45, 7) is 9.30. The van der Waals surface area contributed by atoms with Crippen LogP contribution in [0, 0.1) is 23.6 Å². The number of nitrogens with zero attached hydrogens (tertiary/aromatic N) is 1. The molecule has 1 aliphatic heterocycles. The summed E-state index contributed by atoms with van der Waals surface area (Å²) in [4.78, 5) is 39.5. The number of carbonyl (C=O) groups excluding carboxylic acids is 3. The van der Waals surface area contributed by atoms with Gasteiger partial charge in [-0.05, 0) is 36.8 Å². The van der Waals surface area contributed by atoms with E-state index in [2.05, 4.69) is 10.6 Å². The van der Waals surface area contributed by atoms with Crippen molar-refractivity contribution in [1.82, 2.24) is 15.5 Å². The van der Waals surface area contributed by atoms with E-state index in [1.165, 1.54) is 18.2 Å². The minimum absolute atomic E-state index is 0.0718. The summed E-state index contributed by atoms with van der Waals surface area (Å²) in [5.74, 6) is -1.31. The van der Waals surface area contributed by atoms with Gasteiger partial charge in [0.15, 0.2) is 0 Å². The van der Waals surface area contributed by atoms with Gasteiger partial charge in [0.2, 0.25) is 11.8 Å². The van der Waals surface area contributed by atoms with Gasteiger partial charge in [-0.3, -0.25) is 14.4 Å². The van der Waals surface area contributed by atoms with E-state index in [-0.39, 0.29) is 35.1 Å². The lowest BCUT2D eigenvalue weighted by molar-refractivity contribution is -0.136. The van der Waals surface area contributed by atoms with E-state index in [1.54, 1.807) is 6.07 Å². The van der Waals surface area contributed by atoms with Crippen LogP contribution < -0.4 is 10.6 Å². The maximum absolute atomic E-state index is 14.0. The SMILES string of the molecule is CC(C)CNC(=O)C(NC(=O)c1ccccc1F)C1CCN(C(=O)C(C)C)CC1. The fourth-order valence-corrected chi connectivity index (χ4v) is 3.49. The molecule has 1 heterocycles. The van der Waals surface area contributed by atoms with Crippen LogP contribution in [-0.2, 0) is 9.59 Å². The molecule has 1 aromatic rings. The molecule has 0 radical (unpaired) electrons. The van der Waals surface area contributed by atoms with E-state index in [1.807, 2.05) is 32.6 Å². The van der Waals surface area contributed by atoms with Gasteiger partial charge in [-0.1, -0.05) is 39.8 Å². The van der Waals surface area contributed by atoms with Gasteiger partial charge >= 0.3 is 0 Å². The monoisotopic (exact) mass is 405 g/mol. The average Bonchev–Trinajstić information content (AvgIpc) is 2.70. The normalized spacial score (nSPS) is 16.0. The second-order valence-corrected chi connectivity index (χ2v) is 8.39. The smallest absolute Gasteiger partial charge is 0.254 e. The predicted molar refractivity (Wildman–Crippen MR) is 110 cm³/mol. The highest BCUT2D eigenvalue weighted by Crippen LogP contribution is 2.23. The first-order valence-electron chi connectivity index (χ1n) is 10.3.